The highest BCUT2D eigenvalue weighted by Gasteiger charge is 2.19. The number of alkyl halides is 1. The Bertz CT molecular complexity index is 490. The average molecular weight is 332 g/mol. The third-order valence-corrected chi connectivity index (χ3v) is 3.58. The Morgan fingerprint density at radius 3 is 2.62 bits per heavy atom. The van der Waals surface area contributed by atoms with Crippen molar-refractivity contribution in [1.82, 2.24) is 0 Å². The van der Waals surface area contributed by atoms with E-state index < -0.39 is 15.7 Å². The molecule has 1 aromatic rings. The smallest absolute Gasteiger partial charge is 0.265 e. The summed E-state index contributed by atoms with van der Waals surface area (Å²) < 4.78 is 40.2. The Labute approximate surface area is 106 Å². The Hall–Kier alpha value is -0.330. The normalized spacial score (nSPS) is 11.5. The minimum atomic E-state index is -3.91. The number of hydrogen-bond donors (Lipinski definition) is 0. The van der Waals surface area contributed by atoms with Crippen LogP contribution in [0.4, 0.5) is 4.39 Å². The molecule has 3 nitrogen and oxygen atoms in total. The highest BCUT2D eigenvalue weighted by Crippen LogP contribution is 2.33. The maximum Gasteiger partial charge on any atom is 0.265 e. The van der Waals surface area contributed by atoms with E-state index in [1.165, 1.54) is 6.07 Å². The molecule has 0 aromatic heterocycles. The van der Waals surface area contributed by atoms with Crippen molar-refractivity contribution >= 4 is 35.7 Å². The summed E-state index contributed by atoms with van der Waals surface area (Å²) in [7, 11) is 1.35. The zero-order valence-electron chi connectivity index (χ0n) is 8.34. The van der Waals surface area contributed by atoms with E-state index in [2.05, 4.69) is 15.9 Å². The van der Waals surface area contributed by atoms with E-state index in [9.17, 15) is 12.8 Å². The van der Waals surface area contributed by atoms with Crippen LogP contribution in [0.3, 0.4) is 0 Å². The Balaban J connectivity index is 3.33. The number of rotatable bonds is 4. The van der Waals surface area contributed by atoms with Gasteiger partial charge in [-0.2, -0.15) is 0 Å². The molecular formula is C9H9BrClFO3S. The van der Waals surface area contributed by atoms with Crippen LogP contribution < -0.4 is 4.74 Å². The van der Waals surface area contributed by atoms with E-state index >= 15 is 0 Å². The van der Waals surface area contributed by atoms with Crippen molar-refractivity contribution in [3.63, 3.8) is 0 Å². The lowest BCUT2D eigenvalue weighted by Crippen LogP contribution is -2.05. The molecule has 0 spiro atoms. The highest BCUT2D eigenvalue weighted by atomic mass is 79.9. The van der Waals surface area contributed by atoms with Crippen LogP contribution in [0.15, 0.2) is 21.5 Å². The van der Waals surface area contributed by atoms with Gasteiger partial charge in [0.05, 0.1) is 0 Å². The van der Waals surface area contributed by atoms with E-state index in [1.54, 1.807) is 13.0 Å². The summed E-state index contributed by atoms with van der Waals surface area (Å²) in [5, 5.41) is 0. The Morgan fingerprint density at radius 1 is 1.50 bits per heavy atom. The molecule has 90 valence electrons. The molecule has 16 heavy (non-hydrogen) atoms. The van der Waals surface area contributed by atoms with Crippen LogP contribution in [0.25, 0.3) is 0 Å². The maximum absolute atomic E-state index is 12.0. The van der Waals surface area contributed by atoms with Crippen molar-refractivity contribution < 1.29 is 17.5 Å². The van der Waals surface area contributed by atoms with E-state index in [0.29, 0.717) is 10.0 Å². The minimum Gasteiger partial charge on any atom is -0.489 e. The van der Waals surface area contributed by atoms with Gasteiger partial charge in [-0.05, 0) is 24.6 Å². The third-order valence-electron chi connectivity index (χ3n) is 1.79. The number of hydrogen-bond acceptors (Lipinski definition) is 3. The first-order chi connectivity index (χ1) is 7.36. The van der Waals surface area contributed by atoms with Crippen LogP contribution >= 0.6 is 26.6 Å². The monoisotopic (exact) mass is 330 g/mol. The van der Waals surface area contributed by atoms with Crippen molar-refractivity contribution in [2.24, 2.45) is 0 Å². The van der Waals surface area contributed by atoms with Gasteiger partial charge in [-0.15, -0.1) is 0 Å². The molecule has 1 rings (SSSR count). The third kappa shape index (κ3) is 3.33. The lowest BCUT2D eigenvalue weighted by Gasteiger charge is -2.11. The molecule has 0 aliphatic carbocycles. The van der Waals surface area contributed by atoms with Gasteiger partial charge in [-0.3, -0.25) is 0 Å². The van der Waals surface area contributed by atoms with Crippen molar-refractivity contribution in [3.05, 3.63) is 22.2 Å². The predicted octanol–water partition coefficient (Wildman–Crippen LogP) is 3.03. The molecule has 0 aliphatic heterocycles. The molecule has 0 atom stereocenters. The minimum absolute atomic E-state index is 0.0934. The lowest BCUT2D eigenvalue weighted by atomic mass is 10.2. The van der Waals surface area contributed by atoms with E-state index in [-0.39, 0.29) is 17.3 Å². The maximum atomic E-state index is 12.0. The molecule has 0 heterocycles. The average Bonchev–Trinajstić information content (AvgIpc) is 2.14. The molecule has 0 saturated carbocycles. The van der Waals surface area contributed by atoms with Gasteiger partial charge in [-0.25, -0.2) is 12.8 Å². The number of aryl methyl sites for hydroxylation is 1. The van der Waals surface area contributed by atoms with Gasteiger partial charge in [0.15, 0.2) is 0 Å². The first-order valence-electron chi connectivity index (χ1n) is 4.30. The summed E-state index contributed by atoms with van der Waals surface area (Å²) in [6, 6.07) is 2.99. The van der Waals surface area contributed by atoms with Gasteiger partial charge in [0.1, 0.15) is 23.9 Å². The van der Waals surface area contributed by atoms with Crippen molar-refractivity contribution in [1.29, 1.82) is 0 Å². The first-order valence-corrected chi connectivity index (χ1v) is 7.40. The quantitative estimate of drug-likeness (QED) is 0.797. The number of benzene rings is 1. The van der Waals surface area contributed by atoms with Gasteiger partial charge in [0.25, 0.3) is 9.05 Å². The van der Waals surface area contributed by atoms with Crippen LogP contribution in [0.1, 0.15) is 5.56 Å². The van der Waals surface area contributed by atoms with Crippen LogP contribution in [-0.2, 0) is 9.05 Å². The fourth-order valence-electron chi connectivity index (χ4n) is 1.21. The van der Waals surface area contributed by atoms with Crippen molar-refractivity contribution in [2.75, 3.05) is 13.3 Å². The summed E-state index contributed by atoms with van der Waals surface area (Å²) in [6.45, 7) is 0.753. The van der Waals surface area contributed by atoms with E-state index in [0.717, 1.165) is 0 Å². The van der Waals surface area contributed by atoms with E-state index in [1.807, 2.05) is 0 Å². The van der Waals surface area contributed by atoms with E-state index in [4.69, 9.17) is 15.4 Å². The highest BCUT2D eigenvalue weighted by molar-refractivity contribution is 9.10. The Kier molecular flexibility index (Phi) is 4.58. The number of ether oxygens (including phenoxy) is 1. The van der Waals surface area contributed by atoms with Crippen molar-refractivity contribution in [3.8, 4) is 5.75 Å². The molecule has 0 unspecified atom stereocenters. The van der Waals surface area contributed by atoms with Gasteiger partial charge in [-0.1, -0.05) is 15.9 Å². The molecule has 0 amide bonds. The standard InChI is InChI=1S/C9H9BrClFO3S/c1-6-4-7(10)5-8(16(11,13)14)9(6)15-3-2-12/h4-5H,2-3H2,1H3. The summed E-state index contributed by atoms with van der Waals surface area (Å²) in [6.07, 6.45) is 0. The summed E-state index contributed by atoms with van der Waals surface area (Å²) in [5.41, 5.74) is 0.571. The summed E-state index contributed by atoms with van der Waals surface area (Å²) in [4.78, 5) is -0.158. The second kappa shape index (κ2) is 5.33. The Morgan fingerprint density at radius 2 is 2.12 bits per heavy atom. The van der Waals surface area contributed by atoms with Crippen LogP contribution in [0.2, 0.25) is 0 Å². The molecule has 0 aliphatic rings. The molecule has 0 saturated heterocycles. The van der Waals surface area contributed by atoms with Crippen LogP contribution in [0, 0.1) is 6.92 Å². The van der Waals surface area contributed by atoms with Gasteiger partial charge < -0.3 is 4.74 Å². The van der Waals surface area contributed by atoms with Crippen LogP contribution in [0.5, 0.6) is 5.75 Å². The predicted molar refractivity (Wildman–Crippen MR) is 63.4 cm³/mol. The zero-order chi connectivity index (χ0) is 12.3. The fourth-order valence-corrected chi connectivity index (χ4v) is 2.98. The molecule has 7 heteroatoms. The zero-order valence-corrected chi connectivity index (χ0v) is 11.5. The molecule has 0 radical (unpaired) electrons. The van der Waals surface area contributed by atoms with Gasteiger partial charge in [0, 0.05) is 15.2 Å². The number of halogens is 3. The first kappa shape index (κ1) is 13.7. The molecule has 1 aromatic carbocycles. The molecular weight excluding hydrogens is 323 g/mol. The summed E-state index contributed by atoms with van der Waals surface area (Å²) in [5.74, 6) is 0.0934. The molecule has 0 fully saturated rings. The van der Waals surface area contributed by atoms with Gasteiger partial charge >= 0.3 is 0 Å². The lowest BCUT2D eigenvalue weighted by molar-refractivity contribution is 0.266. The second-order valence-electron chi connectivity index (χ2n) is 3.03. The second-order valence-corrected chi connectivity index (χ2v) is 6.48. The fraction of sp³-hybridized carbons (Fsp3) is 0.333. The largest absolute Gasteiger partial charge is 0.489 e. The van der Waals surface area contributed by atoms with Gasteiger partial charge in [0.2, 0.25) is 0 Å². The molecule has 0 N–H and O–H groups in total. The molecule has 0 bridgehead atoms. The SMILES string of the molecule is Cc1cc(Br)cc(S(=O)(=O)Cl)c1OCCF. The van der Waals surface area contributed by atoms with Crippen molar-refractivity contribution in [2.45, 2.75) is 11.8 Å². The summed E-state index contributed by atoms with van der Waals surface area (Å²) >= 11 is 3.16. The topological polar surface area (TPSA) is 43.4 Å². The van der Waals surface area contributed by atoms with Crippen LogP contribution in [-0.4, -0.2) is 21.7 Å².